The van der Waals surface area contributed by atoms with Crippen LogP contribution in [0.2, 0.25) is 5.02 Å². The minimum absolute atomic E-state index is 0.143. The molecule has 1 saturated heterocycles. The summed E-state index contributed by atoms with van der Waals surface area (Å²) in [7, 11) is 0. The Hall–Kier alpha value is -3.26. The minimum Gasteiger partial charge on any atom is -0.443 e. The van der Waals surface area contributed by atoms with Gasteiger partial charge in [-0.25, -0.2) is 14.1 Å². The fraction of sp³-hybridized carbons (Fsp3) is 0.385. The van der Waals surface area contributed by atoms with Crippen LogP contribution < -0.4 is 9.80 Å². The van der Waals surface area contributed by atoms with Gasteiger partial charge in [0, 0.05) is 11.4 Å². The maximum atomic E-state index is 14.5. The smallest absolute Gasteiger partial charge is 0.421 e. The Morgan fingerprint density at radius 3 is 2.31 bits per heavy atom. The van der Waals surface area contributed by atoms with Gasteiger partial charge in [-0.05, 0) is 74.7 Å². The molecule has 2 heterocycles. The van der Waals surface area contributed by atoms with Crippen molar-refractivity contribution in [2.45, 2.75) is 52.1 Å². The Morgan fingerprint density at radius 1 is 1.11 bits per heavy atom. The Balaban J connectivity index is 1.87. The standard InChI is InChI=1S/C26H26ClFN2O5/c1-14(2)26(19-13-21(31)29(22(19)32)17-9-6-15(27)7-10-17)18-12-16(28)8-11-20(18)30(23(26)33)24(34)35-25(3,4)5/h6-12,14,19H,13H2,1-5H3/t19-,26?/m1/s1. The molecule has 2 aromatic rings. The van der Waals surface area contributed by atoms with Crippen molar-refractivity contribution in [2.24, 2.45) is 11.8 Å². The third kappa shape index (κ3) is 3.89. The highest BCUT2D eigenvalue weighted by molar-refractivity contribution is 6.31. The van der Waals surface area contributed by atoms with Crippen molar-refractivity contribution >= 4 is 46.8 Å². The molecule has 0 aliphatic carbocycles. The number of hydrogen-bond donors (Lipinski definition) is 0. The van der Waals surface area contributed by atoms with Gasteiger partial charge in [-0.2, -0.15) is 0 Å². The van der Waals surface area contributed by atoms with Crippen LogP contribution in [-0.4, -0.2) is 29.4 Å². The Labute approximate surface area is 207 Å². The van der Waals surface area contributed by atoms with Crippen LogP contribution >= 0.6 is 11.6 Å². The quantitative estimate of drug-likeness (QED) is 0.538. The zero-order chi connectivity index (χ0) is 25.9. The van der Waals surface area contributed by atoms with E-state index in [9.17, 15) is 23.6 Å². The van der Waals surface area contributed by atoms with E-state index in [4.69, 9.17) is 16.3 Å². The molecule has 2 aliphatic heterocycles. The summed E-state index contributed by atoms with van der Waals surface area (Å²) in [6.07, 6.45) is -1.20. The number of anilines is 2. The summed E-state index contributed by atoms with van der Waals surface area (Å²) in [4.78, 5) is 55.9. The van der Waals surface area contributed by atoms with E-state index in [0.29, 0.717) is 10.7 Å². The van der Waals surface area contributed by atoms with Gasteiger partial charge in [0.05, 0.1) is 22.7 Å². The third-order valence-corrected chi connectivity index (χ3v) is 6.72. The number of carbonyl (C=O) groups is 4. The second-order valence-corrected chi connectivity index (χ2v) is 10.5. The zero-order valence-electron chi connectivity index (χ0n) is 20.1. The van der Waals surface area contributed by atoms with E-state index in [0.717, 1.165) is 15.9 Å². The highest BCUT2D eigenvalue weighted by Crippen LogP contribution is 2.54. The predicted molar refractivity (Wildman–Crippen MR) is 129 cm³/mol. The second-order valence-electron chi connectivity index (χ2n) is 10.1. The average molecular weight is 501 g/mol. The van der Waals surface area contributed by atoms with Gasteiger partial charge >= 0.3 is 6.09 Å². The zero-order valence-corrected chi connectivity index (χ0v) is 20.9. The van der Waals surface area contributed by atoms with Crippen molar-refractivity contribution in [1.82, 2.24) is 0 Å². The fourth-order valence-electron chi connectivity index (χ4n) is 5.08. The molecule has 0 spiro atoms. The maximum Gasteiger partial charge on any atom is 0.421 e. The SMILES string of the molecule is CC(C)C1([C@@H]2CC(=O)N(c3ccc(Cl)cc3)C2=O)C(=O)N(C(=O)OC(C)(C)C)c2ccc(F)cc21. The van der Waals surface area contributed by atoms with Crippen LogP contribution in [0.5, 0.6) is 0 Å². The largest absolute Gasteiger partial charge is 0.443 e. The Bertz CT molecular complexity index is 1240. The number of nitrogens with zero attached hydrogens (tertiary/aromatic N) is 2. The lowest BCUT2D eigenvalue weighted by molar-refractivity contribution is -0.133. The first-order chi connectivity index (χ1) is 16.3. The molecule has 4 rings (SSSR count). The lowest BCUT2D eigenvalue weighted by Gasteiger charge is -2.36. The summed E-state index contributed by atoms with van der Waals surface area (Å²) in [5.74, 6) is -4.14. The predicted octanol–water partition coefficient (Wildman–Crippen LogP) is 5.23. The van der Waals surface area contributed by atoms with E-state index in [-0.39, 0.29) is 17.7 Å². The normalized spacial score (nSPS) is 22.3. The third-order valence-electron chi connectivity index (χ3n) is 6.47. The maximum absolute atomic E-state index is 14.5. The summed E-state index contributed by atoms with van der Waals surface area (Å²) < 4.78 is 20.0. The Morgan fingerprint density at radius 2 is 1.74 bits per heavy atom. The molecule has 2 atom stereocenters. The molecule has 0 saturated carbocycles. The summed E-state index contributed by atoms with van der Waals surface area (Å²) in [6, 6.07) is 9.83. The van der Waals surface area contributed by atoms with Crippen LogP contribution in [0.25, 0.3) is 0 Å². The topological polar surface area (TPSA) is 84.0 Å². The highest BCUT2D eigenvalue weighted by Gasteiger charge is 2.64. The van der Waals surface area contributed by atoms with Crippen LogP contribution in [0.3, 0.4) is 0 Å². The van der Waals surface area contributed by atoms with Gasteiger partial charge in [-0.1, -0.05) is 25.4 Å². The number of halogens is 2. The van der Waals surface area contributed by atoms with E-state index in [1.54, 1.807) is 58.9 Å². The number of rotatable bonds is 3. The van der Waals surface area contributed by atoms with E-state index < -0.39 is 52.5 Å². The summed E-state index contributed by atoms with van der Waals surface area (Å²) in [5.41, 5.74) is -1.90. The van der Waals surface area contributed by atoms with Crippen molar-refractivity contribution in [3.8, 4) is 0 Å². The molecule has 1 unspecified atom stereocenters. The molecule has 184 valence electrons. The molecule has 35 heavy (non-hydrogen) atoms. The Kier molecular flexibility index (Phi) is 6.00. The van der Waals surface area contributed by atoms with Crippen LogP contribution in [0.15, 0.2) is 42.5 Å². The number of hydrogen-bond acceptors (Lipinski definition) is 5. The molecule has 7 nitrogen and oxygen atoms in total. The lowest BCUT2D eigenvalue weighted by atomic mass is 9.63. The molecule has 0 bridgehead atoms. The fourth-order valence-corrected chi connectivity index (χ4v) is 5.21. The molecule has 0 radical (unpaired) electrons. The molecule has 9 heteroatoms. The first-order valence-electron chi connectivity index (χ1n) is 11.3. The van der Waals surface area contributed by atoms with Crippen molar-refractivity contribution in [2.75, 3.05) is 9.80 Å². The van der Waals surface area contributed by atoms with Crippen molar-refractivity contribution in [1.29, 1.82) is 0 Å². The summed E-state index contributed by atoms with van der Waals surface area (Å²) in [5, 5.41) is 0.437. The van der Waals surface area contributed by atoms with Gasteiger partial charge in [0.25, 0.3) is 0 Å². The van der Waals surface area contributed by atoms with Crippen LogP contribution in [0.1, 0.15) is 46.6 Å². The molecule has 0 N–H and O–H groups in total. The van der Waals surface area contributed by atoms with Gasteiger partial charge in [0.15, 0.2) is 0 Å². The van der Waals surface area contributed by atoms with Crippen molar-refractivity contribution in [3.63, 3.8) is 0 Å². The van der Waals surface area contributed by atoms with Crippen molar-refractivity contribution in [3.05, 3.63) is 58.9 Å². The number of amides is 4. The van der Waals surface area contributed by atoms with Crippen molar-refractivity contribution < 1.29 is 28.3 Å². The lowest BCUT2D eigenvalue weighted by Crippen LogP contribution is -2.53. The molecule has 1 fully saturated rings. The van der Waals surface area contributed by atoms with Gasteiger partial charge in [0.2, 0.25) is 17.7 Å². The van der Waals surface area contributed by atoms with Gasteiger partial charge in [-0.3, -0.25) is 19.3 Å². The summed E-state index contributed by atoms with van der Waals surface area (Å²) >= 11 is 5.95. The van der Waals surface area contributed by atoms with Crippen LogP contribution in [0, 0.1) is 17.7 Å². The number of carbonyl (C=O) groups excluding carboxylic acids is 4. The van der Waals surface area contributed by atoms with Gasteiger partial charge in [0.1, 0.15) is 11.4 Å². The van der Waals surface area contributed by atoms with E-state index in [2.05, 4.69) is 0 Å². The molecular weight excluding hydrogens is 475 g/mol. The number of ether oxygens (including phenoxy) is 1. The van der Waals surface area contributed by atoms with E-state index in [1.165, 1.54) is 12.1 Å². The molecular formula is C26H26ClFN2O5. The highest BCUT2D eigenvalue weighted by atomic mass is 35.5. The number of benzene rings is 2. The molecule has 4 amide bonds. The summed E-state index contributed by atoms with van der Waals surface area (Å²) in [6.45, 7) is 8.42. The molecule has 0 aromatic heterocycles. The van der Waals surface area contributed by atoms with Gasteiger partial charge < -0.3 is 4.74 Å². The molecule has 2 aromatic carbocycles. The molecule has 2 aliphatic rings. The van der Waals surface area contributed by atoms with Crippen LogP contribution in [-0.2, 0) is 24.5 Å². The number of fused-ring (bicyclic) bond motifs is 1. The first-order valence-corrected chi connectivity index (χ1v) is 11.7. The minimum atomic E-state index is -1.65. The first kappa shape index (κ1) is 24.9. The van der Waals surface area contributed by atoms with E-state index >= 15 is 0 Å². The van der Waals surface area contributed by atoms with Gasteiger partial charge in [-0.15, -0.1) is 0 Å². The van der Waals surface area contributed by atoms with E-state index in [1.807, 2.05) is 0 Å². The average Bonchev–Trinajstić information content (AvgIpc) is 3.17. The monoisotopic (exact) mass is 500 g/mol. The second kappa shape index (κ2) is 8.45. The van der Waals surface area contributed by atoms with Crippen LogP contribution in [0.4, 0.5) is 20.6 Å². The number of imide groups is 2.